The van der Waals surface area contributed by atoms with Crippen LogP contribution in [0.5, 0.6) is 0 Å². The Morgan fingerprint density at radius 1 is 1.36 bits per heavy atom. The third-order valence-electron chi connectivity index (χ3n) is 1.86. The molecule has 0 unspecified atom stereocenters. The van der Waals surface area contributed by atoms with E-state index in [0.29, 0.717) is 0 Å². The van der Waals surface area contributed by atoms with Crippen molar-refractivity contribution in [3.8, 4) is 0 Å². The third kappa shape index (κ3) is 2.47. The Bertz CT molecular complexity index is 380. The topological polar surface area (TPSA) is 40.7 Å². The van der Waals surface area contributed by atoms with Gasteiger partial charge in [-0.2, -0.15) is 0 Å². The van der Waals surface area contributed by atoms with Crippen molar-refractivity contribution < 1.29 is 0 Å². The summed E-state index contributed by atoms with van der Waals surface area (Å²) >= 11 is 2.24. The number of hydrogen-bond acceptors (Lipinski definition) is 2. The summed E-state index contributed by atoms with van der Waals surface area (Å²) in [7, 11) is 0. The molecule has 0 aromatic carbocycles. The van der Waals surface area contributed by atoms with Crippen LogP contribution < -0.4 is 5.32 Å². The molecule has 4 heteroatoms. The normalized spacial score (nSPS) is 10.1. The second kappa shape index (κ2) is 4.45. The zero-order chi connectivity index (χ0) is 9.80. The van der Waals surface area contributed by atoms with Crippen LogP contribution in [0.1, 0.15) is 5.56 Å². The number of aromatic nitrogens is 2. The largest absolute Gasteiger partial charge is 0.367 e. The second-order valence-corrected chi connectivity index (χ2v) is 4.18. The van der Waals surface area contributed by atoms with Gasteiger partial charge in [0.15, 0.2) is 0 Å². The van der Waals surface area contributed by atoms with Crippen LogP contribution in [0, 0.1) is 3.57 Å². The molecule has 3 nitrogen and oxygen atoms in total. The van der Waals surface area contributed by atoms with E-state index < -0.39 is 0 Å². The van der Waals surface area contributed by atoms with E-state index >= 15 is 0 Å². The molecule has 2 N–H and O–H groups in total. The van der Waals surface area contributed by atoms with Gasteiger partial charge in [0.25, 0.3) is 0 Å². The van der Waals surface area contributed by atoms with Crippen LogP contribution in [-0.2, 0) is 6.54 Å². The van der Waals surface area contributed by atoms with Crippen LogP contribution in [-0.4, -0.2) is 9.97 Å². The number of halogens is 1. The lowest BCUT2D eigenvalue weighted by Crippen LogP contribution is -1.99. The molecule has 0 aliphatic heterocycles. The zero-order valence-corrected chi connectivity index (χ0v) is 9.65. The maximum atomic E-state index is 4.25. The number of rotatable bonds is 3. The van der Waals surface area contributed by atoms with E-state index in [2.05, 4.69) is 37.9 Å². The van der Waals surface area contributed by atoms with Crippen molar-refractivity contribution in [1.82, 2.24) is 9.97 Å². The Kier molecular flexibility index (Phi) is 3.03. The fraction of sp³-hybridized carbons (Fsp3) is 0.100. The molecule has 72 valence electrons. The van der Waals surface area contributed by atoms with Crippen LogP contribution >= 0.6 is 22.6 Å². The molecular weight excluding hydrogens is 289 g/mol. The van der Waals surface area contributed by atoms with E-state index in [9.17, 15) is 0 Å². The Morgan fingerprint density at radius 2 is 2.29 bits per heavy atom. The summed E-state index contributed by atoms with van der Waals surface area (Å²) in [5, 5.41) is 3.24. The molecule has 14 heavy (non-hydrogen) atoms. The van der Waals surface area contributed by atoms with Gasteiger partial charge in [0.2, 0.25) is 0 Å². The van der Waals surface area contributed by atoms with Crippen molar-refractivity contribution in [3.63, 3.8) is 0 Å². The van der Waals surface area contributed by atoms with Crippen molar-refractivity contribution in [2.75, 3.05) is 5.32 Å². The molecule has 2 aromatic rings. The predicted molar refractivity (Wildman–Crippen MR) is 65.1 cm³/mol. The fourth-order valence-corrected chi connectivity index (χ4v) is 1.46. The average molecular weight is 299 g/mol. The van der Waals surface area contributed by atoms with Gasteiger partial charge in [0.05, 0.1) is 0 Å². The minimum absolute atomic E-state index is 0.803. The lowest BCUT2D eigenvalue weighted by Gasteiger charge is -2.03. The van der Waals surface area contributed by atoms with Gasteiger partial charge in [-0.15, -0.1) is 0 Å². The first-order chi connectivity index (χ1) is 6.84. The molecule has 0 atom stereocenters. The van der Waals surface area contributed by atoms with Crippen molar-refractivity contribution in [3.05, 3.63) is 45.9 Å². The Labute approximate surface area is 96.1 Å². The molecule has 0 radical (unpaired) electrons. The van der Waals surface area contributed by atoms with Gasteiger partial charge < -0.3 is 10.3 Å². The second-order valence-electron chi connectivity index (χ2n) is 2.93. The summed E-state index contributed by atoms with van der Waals surface area (Å²) < 4.78 is 1.15. The van der Waals surface area contributed by atoms with Crippen molar-refractivity contribution in [2.24, 2.45) is 0 Å². The molecule has 0 amide bonds. The lowest BCUT2D eigenvalue weighted by molar-refractivity contribution is 1.11. The summed E-state index contributed by atoms with van der Waals surface area (Å²) in [5.74, 6) is 0.909. The van der Waals surface area contributed by atoms with E-state index in [0.717, 1.165) is 15.9 Å². The summed E-state index contributed by atoms with van der Waals surface area (Å²) in [6, 6.07) is 6.06. The standard InChI is InChI=1S/C10H10IN3/c11-9-1-2-10(14-7-9)13-6-8-3-4-12-5-8/h1-5,7,12H,6H2,(H,13,14). The molecule has 0 saturated carbocycles. The van der Waals surface area contributed by atoms with E-state index in [1.807, 2.05) is 36.8 Å². The first-order valence-electron chi connectivity index (χ1n) is 4.32. The predicted octanol–water partition coefficient (Wildman–Crippen LogP) is 2.63. The summed E-state index contributed by atoms with van der Waals surface area (Å²) in [6.45, 7) is 0.803. The maximum absolute atomic E-state index is 4.25. The molecule has 2 aromatic heterocycles. The van der Waals surface area contributed by atoms with Gasteiger partial charge >= 0.3 is 0 Å². The van der Waals surface area contributed by atoms with Gasteiger partial charge in [-0.25, -0.2) is 4.98 Å². The number of aromatic amines is 1. The van der Waals surface area contributed by atoms with E-state index in [4.69, 9.17) is 0 Å². The molecule has 0 aliphatic carbocycles. The fourth-order valence-electron chi connectivity index (χ4n) is 1.14. The molecule has 2 rings (SSSR count). The number of nitrogens with zero attached hydrogens (tertiary/aromatic N) is 1. The zero-order valence-electron chi connectivity index (χ0n) is 7.50. The molecule has 0 bridgehead atoms. The number of H-pyrrole nitrogens is 1. The van der Waals surface area contributed by atoms with E-state index in [1.165, 1.54) is 5.56 Å². The highest BCUT2D eigenvalue weighted by Crippen LogP contribution is 2.08. The Balaban J connectivity index is 1.95. The molecular formula is C10H10IN3. The molecule has 0 spiro atoms. The lowest BCUT2D eigenvalue weighted by atomic mass is 10.3. The summed E-state index contributed by atoms with van der Waals surface area (Å²) in [5.41, 5.74) is 1.23. The highest BCUT2D eigenvalue weighted by Gasteiger charge is 1.94. The molecule has 0 saturated heterocycles. The molecule has 0 aliphatic rings. The SMILES string of the molecule is Ic1ccc(NCc2cc[nH]c2)nc1. The minimum Gasteiger partial charge on any atom is -0.367 e. The quantitative estimate of drug-likeness (QED) is 0.855. The Morgan fingerprint density at radius 3 is 2.93 bits per heavy atom. The number of hydrogen-bond donors (Lipinski definition) is 2. The third-order valence-corrected chi connectivity index (χ3v) is 2.50. The van der Waals surface area contributed by atoms with Crippen molar-refractivity contribution >= 4 is 28.4 Å². The molecule has 0 fully saturated rings. The van der Waals surface area contributed by atoms with Gasteiger partial charge in [0, 0.05) is 28.7 Å². The maximum Gasteiger partial charge on any atom is 0.126 e. The Hall–Kier alpha value is -1.04. The highest BCUT2D eigenvalue weighted by molar-refractivity contribution is 14.1. The van der Waals surface area contributed by atoms with E-state index in [-0.39, 0.29) is 0 Å². The van der Waals surface area contributed by atoms with Crippen LogP contribution in [0.15, 0.2) is 36.8 Å². The van der Waals surface area contributed by atoms with Crippen LogP contribution in [0.25, 0.3) is 0 Å². The smallest absolute Gasteiger partial charge is 0.126 e. The van der Waals surface area contributed by atoms with Crippen LogP contribution in [0.4, 0.5) is 5.82 Å². The highest BCUT2D eigenvalue weighted by atomic mass is 127. The van der Waals surface area contributed by atoms with Gasteiger partial charge in [0.1, 0.15) is 5.82 Å². The number of pyridine rings is 1. The number of anilines is 1. The first kappa shape index (κ1) is 9.51. The first-order valence-corrected chi connectivity index (χ1v) is 5.39. The van der Waals surface area contributed by atoms with Crippen molar-refractivity contribution in [1.29, 1.82) is 0 Å². The van der Waals surface area contributed by atoms with E-state index in [1.54, 1.807) is 0 Å². The average Bonchev–Trinajstić information content (AvgIpc) is 2.70. The van der Waals surface area contributed by atoms with Gasteiger partial charge in [-0.05, 0) is 46.4 Å². The van der Waals surface area contributed by atoms with Crippen LogP contribution in [0.3, 0.4) is 0 Å². The summed E-state index contributed by atoms with van der Waals surface area (Å²) in [4.78, 5) is 7.26. The number of nitrogens with one attached hydrogen (secondary N) is 2. The molecule has 2 heterocycles. The minimum atomic E-state index is 0.803. The van der Waals surface area contributed by atoms with Gasteiger partial charge in [-0.3, -0.25) is 0 Å². The van der Waals surface area contributed by atoms with Gasteiger partial charge in [-0.1, -0.05) is 0 Å². The van der Waals surface area contributed by atoms with Crippen LogP contribution in [0.2, 0.25) is 0 Å². The van der Waals surface area contributed by atoms with Crippen molar-refractivity contribution in [2.45, 2.75) is 6.54 Å². The summed E-state index contributed by atoms with van der Waals surface area (Å²) in [6.07, 6.45) is 5.73. The monoisotopic (exact) mass is 299 g/mol.